The zero-order chi connectivity index (χ0) is 22.6. The lowest BCUT2D eigenvalue weighted by Crippen LogP contribution is -2.42. The summed E-state index contributed by atoms with van der Waals surface area (Å²) in [6.07, 6.45) is 2.99. The minimum atomic E-state index is -0.611. The number of carbonyl (C=O) groups excluding carboxylic acids is 2. The van der Waals surface area contributed by atoms with E-state index < -0.39 is 5.41 Å². The third kappa shape index (κ3) is 5.46. The molecule has 0 saturated carbocycles. The fourth-order valence-corrected chi connectivity index (χ4v) is 3.65. The second-order valence-electron chi connectivity index (χ2n) is 9.40. The van der Waals surface area contributed by atoms with E-state index in [0.29, 0.717) is 36.1 Å². The maximum atomic E-state index is 13.1. The number of amides is 2. The lowest BCUT2D eigenvalue weighted by Gasteiger charge is -2.28. The average Bonchev–Trinajstić information content (AvgIpc) is 2.82. The predicted molar refractivity (Wildman–Crippen MR) is 126 cm³/mol. The van der Waals surface area contributed by atoms with Crippen molar-refractivity contribution in [3.8, 4) is 5.75 Å². The molecule has 31 heavy (non-hydrogen) atoms. The molecule has 0 spiro atoms. The molecule has 0 atom stereocenters. The number of hydrogen-bond donors (Lipinski definition) is 1. The van der Waals surface area contributed by atoms with Crippen LogP contribution in [0.3, 0.4) is 0 Å². The highest BCUT2D eigenvalue weighted by Crippen LogP contribution is 2.38. The summed E-state index contributed by atoms with van der Waals surface area (Å²) in [7, 11) is 0. The highest BCUT2D eigenvalue weighted by atomic mass is 16.5. The summed E-state index contributed by atoms with van der Waals surface area (Å²) in [6.45, 7) is 11.2. The molecule has 0 unspecified atom stereocenters. The Labute approximate surface area is 185 Å². The quantitative estimate of drug-likeness (QED) is 0.624. The summed E-state index contributed by atoms with van der Waals surface area (Å²) < 4.78 is 6.03. The van der Waals surface area contributed by atoms with Crippen LogP contribution in [0, 0.1) is 11.3 Å². The van der Waals surface area contributed by atoms with Gasteiger partial charge in [0.25, 0.3) is 5.91 Å². The van der Waals surface area contributed by atoms with Crippen LogP contribution in [-0.2, 0) is 11.2 Å². The van der Waals surface area contributed by atoms with Gasteiger partial charge in [-0.1, -0.05) is 39.3 Å². The molecule has 1 aliphatic rings. The monoisotopic (exact) mass is 422 g/mol. The van der Waals surface area contributed by atoms with Crippen molar-refractivity contribution >= 4 is 23.2 Å². The van der Waals surface area contributed by atoms with Gasteiger partial charge in [0.05, 0.1) is 11.1 Å². The second kappa shape index (κ2) is 9.54. The molecule has 5 heteroatoms. The summed E-state index contributed by atoms with van der Waals surface area (Å²) in [6, 6.07) is 13.2. The van der Waals surface area contributed by atoms with E-state index in [0.717, 1.165) is 24.9 Å². The first-order valence-electron chi connectivity index (χ1n) is 11.2. The Bertz CT molecular complexity index is 932. The molecule has 0 bridgehead atoms. The Morgan fingerprint density at radius 1 is 1.16 bits per heavy atom. The smallest absolute Gasteiger partial charge is 0.255 e. The second-order valence-corrected chi connectivity index (χ2v) is 9.40. The predicted octanol–water partition coefficient (Wildman–Crippen LogP) is 5.69. The molecule has 0 fully saturated rings. The lowest BCUT2D eigenvalue weighted by molar-refractivity contribution is -0.127. The molecule has 1 aliphatic heterocycles. The van der Waals surface area contributed by atoms with Crippen LogP contribution in [0.25, 0.3) is 0 Å². The molecule has 2 aromatic rings. The van der Waals surface area contributed by atoms with Crippen LogP contribution in [-0.4, -0.2) is 25.0 Å². The van der Waals surface area contributed by atoms with E-state index >= 15 is 0 Å². The maximum absolute atomic E-state index is 13.1. The van der Waals surface area contributed by atoms with Gasteiger partial charge in [0.2, 0.25) is 5.91 Å². The molecular weight excluding hydrogens is 388 g/mol. The van der Waals surface area contributed by atoms with Crippen molar-refractivity contribution in [3.63, 3.8) is 0 Å². The summed E-state index contributed by atoms with van der Waals surface area (Å²) >= 11 is 0. The Morgan fingerprint density at radius 3 is 2.52 bits per heavy atom. The highest BCUT2D eigenvalue weighted by molar-refractivity contribution is 6.05. The minimum Gasteiger partial charge on any atom is -0.490 e. The molecule has 2 aromatic carbocycles. The fraction of sp³-hybridized carbons (Fsp3) is 0.462. The van der Waals surface area contributed by atoms with Crippen molar-refractivity contribution in [1.82, 2.24) is 0 Å². The van der Waals surface area contributed by atoms with Gasteiger partial charge in [0.15, 0.2) is 0 Å². The number of anilines is 2. The highest BCUT2D eigenvalue weighted by Gasteiger charge is 2.37. The first kappa shape index (κ1) is 22.9. The van der Waals surface area contributed by atoms with Gasteiger partial charge in [-0.05, 0) is 62.4 Å². The van der Waals surface area contributed by atoms with Crippen LogP contribution in [0.15, 0.2) is 42.5 Å². The number of nitrogens with one attached hydrogen (secondary N) is 1. The summed E-state index contributed by atoms with van der Waals surface area (Å²) in [5.74, 6) is 1.02. The molecule has 0 aromatic heterocycles. The van der Waals surface area contributed by atoms with Crippen LogP contribution in [0.5, 0.6) is 5.75 Å². The Balaban J connectivity index is 1.82. The van der Waals surface area contributed by atoms with E-state index in [1.54, 1.807) is 0 Å². The topological polar surface area (TPSA) is 58.6 Å². The van der Waals surface area contributed by atoms with Crippen LogP contribution >= 0.6 is 0 Å². The number of rotatable bonds is 7. The molecule has 0 saturated heterocycles. The molecule has 2 amide bonds. The maximum Gasteiger partial charge on any atom is 0.255 e. The van der Waals surface area contributed by atoms with Crippen molar-refractivity contribution in [1.29, 1.82) is 0 Å². The third-order valence-corrected chi connectivity index (χ3v) is 5.61. The number of benzene rings is 2. The van der Waals surface area contributed by atoms with Gasteiger partial charge >= 0.3 is 0 Å². The van der Waals surface area contributed by atoms with E-state index in [-0.39, 0.29) is 11.8 Å². The van der Waals surface area contributed by atoms with Crippen molar-refractivity contribution in [2.24, 2.45) is 11.3 Å². The van der Waals surface area contributed by atoms with Crippen molar-refractivity contribution < 1.29 is 14.3 Å². The minimum absolute atomic E-state index is 0.0656. The van der Waals surface area contributed by atoms with Crippen LogP contribution < -0.4 is 15.0 Å². The average molecular weight is 423 g/mol. The normalized spacial score (nSPS) is 15.3. The van der Waals surface area contributed by atoms with Crippen molar-refractivity contribution in [2.45, 2.75) is 53.9 Å². The van der Waals surface area contributed by atoms with E-state index in [9.17, 15) is 9.59 Å². The number of aryl methyl sites for hydroxylation is 1. The largest absolute Gasteiger partial charge is 0.490 e. The SMILES string of the molecule is CCCc1ccc(C(=O)Nc2ccc3c(c2)OCC(C)(C)C(=O)N3CCC(C)C)cc1. The first-order valence-corrected chi connectivity index (χ1v) is 11.2. The number of hydrogen-bond acceptors (Lipinski definition) is 3. The van der Waals surface area contributed by atoms with E-state index in [1.807, 2.05) is 61.2 Å². The number of fused-ring (bicyclic) bond motifs is 1. The van der Waals surface area contributed by atoms with Gasteiger partial charge in [-0.15, -0.1) is 0 Å². The van der Waals surface area contributed by atoms with Gasteiger partial charge in [-0.25, -0.2) is 0 Å². The first-order chi connectivity index (χ1) is 14.7. The van der Waals surface area contributed by atoms with Crippen LogP contribution in [0.4, 0.5) is 11.4 Å². The molecular formula is C26H34N2O3. The molecule has 3 rings (SSSR count). The summed E-state index contributed by atoms with van der Waals surface area (Å²) in [5, 5.41) is 2.95. The van der Waals surface area contributed by atoms with E-state index in [2.05, 4.69) is 26.1 Å². The molecule has 0 radical (unpaired) electrons. The van der Waals surface area contributed by atoms with E-state index in [4.69, 9.17) is 4.74 Å². The fourth-order valence-electron chi connectivity index (χ4n) is 3.65. The van der Waals surface area contributed by atoms with Gasteiger partial charge in [-0.2, -0.15) is 0 Å². The van der Waals surface area contributed by atoms with Crippen LogP contribution in [0.2, 0.25) is 0 Å². The van der Waals surface area contributed by atoms with Gasteiger partial charge in [-0.3, -0.25) is 9.59 Å². The lowest BCUT2D eigenvalue weighted by atomic mass is 9.92. The summed E-state index contributed by atoms with van der Waals surface area (Å²) in [4.78, 5) is 27.7. The zero-order valence-corrected chi connectivity index (χ0v) is 19.3. The zero-order valence-electron chi connectivity index (χ0n) is 19.3. The molecule has 1 heterocycles. The third-order valence-electron chi connectivity index (χ3n) is 5.61. The molecule has 5 nitrogen and oxygen atoms in total. The van der Waals surface area contributed by atoms with Crippen molar-refractivity contribution in [2.75, 3.05) is 23.4 Å². The van der Waals surface area contributed by atoms with Crippen molar-refractivity contribution in [3.05, 3.63) is 53.6 Å². The van der Waals surface area contributed by atoms with Gasteiger partial charge < -0.3 is 15.0 Å². The Hall–Kier alpha value is -2.82. The molecule has 0 aliphatic carbocycles. The molecule has 1 N–H and O–H groups in total. The Kier molecular flexibility index (Phi) is 7.04. The number of ether oxygens (including phenoxy) is 1. The summed E-state index contributed by atoms with van der Waals surface area (Å²) in [5.41, 5.74) is 2.65. The van der Waals surface area contributed by atoms with E-state index in [1.165, 1.54) is 5.56 Å². The van der Waals surface area contributed by atoms with Gasteiger partial charge in [0, 0.05) is 23.9 Å². The van der Waals surface area contributed by atoms with Gasteiger partial charge in [0.1, 0.15) is 12.4 Å². The Morgan fingerprint density at radius 2 is 1.87 bits per heavy atom. The molecule has 166 valence electrons. The standard InChI is InChI=1S/C26H34N2O3/c1-6-7-19-8-10-20(11-9-19)24(29)27-21-12-13-22-23(16-21)31-17-26(4,5)25(30)28(22)15-14-18(2)3/h8-13,16,18H,6-7,14-15,17H2,1-5H3,(H,27,29). The number of nitrogens with zero attached hydrogens (tertiary/aromatic N) is 1. The van der Waals surface area contributed by atoms with Crippen LogP contribution in [0.1, 0.15) is 63.4 Å². The number of carbonyl (C=O) groups is 2.